The number of aliphatic carboxylic acids is 1. The number of hydrogen-bond donors (Lipinski definition) is 2. The Kier molecular flexibility index (Phi) is 5.60. The molecule has 0 aromatic heterocycles. The van der Waals surface area contributed by atoms with Gasteiger partial charge in [0.2, 0.25) is 5.91 Å². The van der Waals surface area contributed by atoms with Crippen molar-refractivity contribution in [1.29, 1.82) is 0 Å². The van der Waals surface area contributed by atoms with Crippen molar-refractivity contribution in [3.8, 4) is 0 Å². The third-order valence-corrected chi connectivity index (χ3v) is 3.13. The summed E-state index contributed by atoms with van der Waals surface area (Å²) in [7, 11) is 0. The molecule has 0 saturated heterocycles. The highest BCUT2D eigenvalue weighted by molar-refractivity contribution is 8.01. The molecule has 0 aromatic carbocycles. The number of carboxylic acids is 1. The van der Waals surface area contributed by atoms with Crippen LogP contribution in [0.25, 0.3) is 0 Å². The summed E-state index contributed by atoms with van der Waals surface area (Å²) in [5, 5.41) is 10.8. The van der Waals surface area contributed by atoms with Crippen LogP contribution in [0.5, 0.6) is 0 Å². The average molecular weight is 219 g/mol. The third-order valence-electron chi connectivity index (χ3n) is 1.61. The van der Waals surface area contributed by atoms with Crippen molar-refractivity contribution in [1.82, 2.24) is 5.32 Å². The zero-order valence-electron chi connectivity index (χ0n) is 8.79. The maximum Gasteiger partial charge on any atom is 0.322 e. The van der Waals surface area contributed by atoms with Crippen molar-refractivity contribution >= 4 is 23.6 Å². The van der Waals surface area contributed by atoms with E-state index in [0.29, 0.717) is 0 Å². The number of thioether (sulfide) groups is 1. The Labute approximate surface area is 88.4 Å². The molecule has 0 aliphatic rings. The van der Waals surface area contributed by atoms with Gasteiger partial charge in [-0.05, 0) is 26.0 Å². The van der Waals surface area contributed by atoms with Gasteiger partial charge in [-0.25, -0.2) is 0 Å². The topological polar surface area (TPSA) is 66.4 Å². The van der Waals surface area contributed by atoms with Gasteiger partial charge < -0.3 is 10.4 Å². The van der Waals surface area contributed by atoms with Crippen molar-refractivity contribution in [3.63, 3.8) is 0 Å². The van der Waals surface area contributed by atoms with Gasteiger partial charge in [-0.1, -0.05) is 6.92 Å². The van der Waals surface area contributed by atoms with Crippen LogP contribution in [0.15, 0.2) is 0 Å². The molecule has 82 valence electrons. The molecule has 0 saturated carbocycles. The van der Waals surface area contributed by atoms with E-state index in [1.807, 2.05) is 6.92 Å². The fraction of sp³-hybridized carbons (Fsp3) is 0.778. The smallest absolute Gasteiger partial charge is 0.322 e. The summed E-state index contributed by atoms with van der Waals surface area (Å²) < 4.78 is -0.550. The second-order valence-corrected chi connectivity index (χ2v) is 5.15. The Hall–Kier alpha value is -0.710. The lowest BCUT2D eigenvalue weighted by Crippen LogP contribution is -2.42. The summed E-state index contributed by atoms with van der Waals surface area (Å²) in [6.45, 7) is 5.32. The van der Waals surface area contributed by atoms with Crippen LogP contribution in [0.1, 0.15) is 27.2 Å². The van der Waals surface area contributed by atoms with Crippen molar-refractivity contribution in [2.75, 3.05) is 12.3 Å². The number of carboxylic acid groups (broad SMARTS) is 1. The minimum absolute atomic E-state index is 0.224. The van der Waals surface area contributed by atoms with E-state index in [0.717, 1.165) is 12.2 Å². The first kappa shape index (κ1) is 13.3. The number of carbonyl (C=O) groups excluding carboxylic acids is 1. The molecule has 0 spiro atoms. The summed E-state index contributed by atoms with van der Waals surface area (Å²) >= 11 is 1.53. The standard InChI is InChI=1S/C9H17NO3S/c1-4-5-14-9(2,3)8(13)10-6-7(11)12/h4-6H2,1-3H3,(H,10,13)(H,11,12). The molecule has 2 N–H and O–H groups in total. The maximum absolute atomic E-state index is 11.5. The molecule has 0 aliphatic heterocycles. The summed E-state index contributed by atoms with van der Waals surface area (Å²) in [5.74, 6) is -0.346. The normalized spacial score (nSPS) is 11.1. The van der Waals surface area contributed by atoms with Gasteiger partial charge in [-0.3, -0.25) is 9.59 Å². The minimum Gasteiger partial charge on any atom is -0.480 e. The lowest BCUT2D eigenvalue weighted by atomic mass is 10.2. The highest BCUT2D eigenvalue weighted by Crippen LogP contribution is 2.24. The fourth-order valence-electron chi connectivity index (χ4n) is 0.792. The van der Waals surface area contributed by atoms with Crippen LogP contribution in [-0.2, 0) is 9.59 Å². The van der Waals surface area contributed by atoms with Crippen LogP contribution in [0.2, 0.25) is 0 Å². The van der Waals surface area contributed by atoms with E-state index in [2.05, 4.69) is 5.32 Å². The molecule has 0 bridgehead atoms. The summed E-state index contributed by atoms with van der Waals surface area (Å²) in [5.41, 5.74) is 0. The Morgan fingerprint density at radius 3 is 2.43 bits per heavy atom. The first-order chi connectivity index (χ1) is 6.40. The van der Waals surface area contributed by atoms with E-state index in [1.165, 1.54) is 11.8 Å². The predicted molar refractivity (Wildman–Crippen MR) is 57.5 cm³/mol. The van der Waals surface area contributed by atoms with Crippen LogP contribution in [0, 0.1) is 0 Å². The Morgan fingerprint density at radius 2 is 2.00 bits per heavy atom. The number of amides is 1. The Balaban J connectivity index is 4.00. The molecule has 0 atom stereocenters. The second-order valence-electron chi connectivity index (χ2n) is 3.44. The van der Waals surface area contributed by atoms with Crippen molar-refractivity contribution in [2.45, 2.75) is 31.9 Å². The van der Waals surface area contributed by atoms with E-state index < -0.39 is 10.7 Å². The molecule has 4 nitrogen and oxygen atoms in total. The van der Waals surface area contributed by atoms with E-state index in [1.54, 1.807) is 13.8 Å². The van der Waals surface area contributed by atoms with Gasteiger partial charge in [-0.2, -0.15) is 0 Å². The molecular formula is C9H17NO3S. The van der Waals surface area contributed by atoms with Crippen LogP contribution in [0.3, 0.4) is 0 Å². The van der Waals surface area contributed by atoms with Crippen LogP contribution < -0.4 is 5.32 Å². The lowest BCUT2D eigenvalue weighted by Gasteiger charge is -2.22. The van der Waals surface area contributed by atoms with Gasteiger partial charge in [0.25, 0.3) is 0 Å². The maximum atomic E-state index is 11.5. The van der Waals surface area contributed by atoms with Crippen molar-refractivity contribution < 1.29 is 14.7 Å². The largest absolute Gasteiger partial charge is 0.480 e. The summed E-state index contributed by atoms with van der Waals surface area (Å²) in [6, 6.07) is 0. The van der Waals surface area contributed by atoms with Crippen LogP contribution in [0.4, 0.5) is 0 Å². The number of carbonyl (C=O) groups is 2. The molecule has 0 radical (unpaired) electrons. The summed E-state index contributed by atoms with van der Waals surface area (Å²) in [6.07, 6.45) is 1.00. The quantitative estimate of drug-likeness (QED) is 0.702. The Bertz CT molecular complexity index is 216. The van der Waals surface area contributed by atoms with E-state index in [9.17, 15) is 9.59 Å². The number of rotatable bonds is 6. The van der Waals surface area contributed by atoms with Crippen molar-refractivity contribution in [3.05, 3.63) is 0 Å². The van der Waals surface area contributed by atoms with Gasteiger partial charge in [0.1, 0.15) is 6.54 Å². The molecule has 0 rings (SSSR count). The average Bonchev–Trinajstić information content (AvgIpc) is 2.10. The van der Waals surface area contributed by atoms with E-state index in [4.69, 9.17) is 5.11 Å². The van der Waals surface area contributed by atoms with E-state index in [-0.39, 0.29) is 12.5 Å². The molecule has 5 heteroatoms. The van der Waals surface area contributed by atoms with Gasteiger partial charge in [-0.15, -0.1) is 11.8 Å². The highest BCUT2D eigenvalue weighted by atomic mass is 32.2. The highest BCUT2D eigenvalue weighted by Gasteiger charge is 2.27. The van der Waals surface area contributed by atoms with Gasteiger partial charge >= 0.3 is 5.97 Å². The lowest BCUT2D eigenvalue weighted by molar-refractivity contribution is -0.138. The number of nitrogens with one attached hydrogen (secondary N) is 1. The monoisotopic (exact) mass is 219 g/mol. The molecule has 14 heavy (non-hydrogen) atoms. The minimum atomic E-state index is -1.02. The van der Waals surface area contributed by atoms with Gasteiger partial charge in [0.05, 0.1) is 4.75 Å². The number of hydrogen-bond acceptors (Lipinski definition) is 3. The molecule has 0 unspecified atom stereocenters. The van der Waals surface area contributed by atoms with Gasteiger partial charge in [0.15, 0.2) is 0 Å². The molecule has 0 fully saturated rings. The van der Waals surface area contributed by atoms with E-state index >= 15 is 0 Å². The first-order valence-corrected chi connectivity index (χ1v) is 5.52. The van der Waals surface area contributed by atoms with Crippen LogP contribution in [-0.4, -0.2) is 34.0 Å². The molecule has 0 aromatic rings. The molecule has 0 aliphatic carbocycles. The Morgan fingerprint density at radius 1 is 1.43 bits per heavy atom. The molecule has 1 amide bonds. The molecule has 0 heterocycles. The third kappa shape index (κ3) is 5.11. The summed E-state index contributed by atoms with van der Waals surface area (Å²) in [4.78, 5) is 21.7. The van der Waals surface area contributed by atoms with Gasteiger partial charge in [0, 0.05) is 0 Å². The SMILES string of the molecule is CCCSC(C)(C)C(=O)NCC(=O)O. The zero-order chi connectivity index (χ0) is 11.2. The second kappa shape index (κ2) is 5.90. The predicted octanol–water partition coefficient (Wildman–Crippen LogP) is 1.11. The van der Waals surface area contributed by atoms with Crippen molar-refractivity contribution in [2.24, 2.45) is 0 Å². The first-order valence-electron chi connectivity index (χ1n) is 4.54. The zero-order valence-corrected chi connectivity index (χ0v) is 9.61. The van der Waals surface area contributed by atoms with Crippen LogP contribution >= 0.6 is 11.8 Å². The fourth-order valence-corrected chi connectivity index (χ4v) is 1.71. The molecular weight excluding hydrogens is 202 g/mol.